The minimum atomic E-state index is -1.95. The van der Waals surface area contributed by atoms with E-state index in [9.17, 15) is 48.3 Å². The zero-order chi connectivity index (χ0) is 48.3. The zero-order valence-electron chi connectivity index (χ0n) is 37.7. The number of pyridine rings is 2. The lowest BCUT2D eigenvalue weighted by Crippen LogP contribution is -2.54. The van der Waals surface area contributed by atoms with Gasteiger partial charge in [0.2, 0.25) is 29.5 Å². The molecule has 2 aromatic heterocycles. The highest BCUT2D eigenvalue weighted by molar-refractivity contribution is 6.12. The fourth-order valence-electron chi connectivity index (χ4n) is 9.25. The Morgan fingerprint density at radius 1 is 0.824 bits per heavy atom. The predicted octanol–water partition coefficient (Wildman–Crippen LogP) is 1.46. The summed E-state index contributed by atoms with van der Waals surface area (Å²) >= 11 is 0. The maximum absolute atomic E-state index is 13.8. The lowest BCUT2D eigenvalue weighted by Gasteiger charge is -2.31. The molecule has 1 aliphatic carbocycles. The largest absolute Gasteiger partial charge is 0.458 e. The van der Waals surface area contributed by atoms with E-state index in [1.807, 2.05) is 6.07 Å². The van der Waals surface area contributed by atoms with E-state index in [1.54, 1.807) is 54.0 Å². The molecule has 3 atom stereocenters. The number of carbonyl (C=O) groups excluding carboxylic acids is 8. The van der Waals surface area contributed by atoms with Crippen LogP contribution in [0.2, 0.25) is 0 Å². The summed E-state index contributed by atoms with van der Waals surface area (Å²) in [6.45, 7) is 2.59. The van der Waals surface area contributed by atoms with E-state index in [0.717, 1.165) is 39.0 Å². The Balaban J connectivity index is 0.875. The fraction of sp³-hybridized carbons (Fsp3) is 0.388. The van der Waals surface area contributed by atoms with Gasteiger partial charge in [-0.25, -0.2) is 9.78 Å². The van der Waals surface area contributed by atoms with Gasteiger partial charge in [0.1, 0.15) is 18.7 Å². The number of nitrogens with zero attached hydrogens (tertiary/aromatic N) is 3. The van der Waals surface area contributed by atoms with Gasteiger partial charge in [-0.15, -0.1) is 0 Å². The summed E-state index contributed by atoms with van der Waals surface area (Å²) in [5.74, 6) is -4.33. The summed E-state index contributed by atoms with van der Waals surface area (Å²) in [6, 6.07) is 12.0. The van der Waals surface area contributed by atoms with Crippen LogP contribution in [-0.4, -0.2) is 98.6 Å². The van der Waals surface area contributed by atoms with Gasteiger partial charge < -0.3 is 41.0 Å². The number of aliphatic hydroxyl groups is 1. The van der Waals surface area contributed by atoms with Gasteiger partial charge in [0.15, 0.2) is 5.60 Å². The van der Waals surface area contributed by atoms with Crippen molar-refractivity contribution in [1.82, 2.24) is 35.7 Å². The molecule has 4 aliphatic rings. The highest BCUT2D eigenvalue weighted by Crippen LogP contribution is 2.43. The van der Waals surface area contributed by atoms with Crippen molar-refractivity contribution in [2.24, 2.45) is 0 Å². The Bertz CT molecular complexity index is 2840. The minimum Gasteiger partial charge on any atom is -0.458 e. The molecule has 0 saturated heterocycles. The summed E-state index contributed by atoms with van der Waals surface area (Å²) in [7, 11) is 0. The third-order valence-electron chi connectivity index (χ3n) is 13.0. The van der Waals surface area contributed by atoms with Crippen LogP contribution in [0.15, 0.2) is 65.5 Å². The van der Waals surface area contributed by atoms with Crippen LogP contribution < -0.4 is 32.1 Å². The van der Waals surface area contributed by atoms with Crippen molar-refractivity contribution in [2.45, 2.75) is 102 Å². The molecule has 4 aromatic rings. The van der Waals surface area contributed by atoms with Crippen molar-refractivity contribution in [3.63, 3.8) is 0 Å². The second-order valence-electron chi connectivity index (χ2n) is 17.4. The molecule has 0 bridgehead atoms. The molecule has 19 nitrogen and oxygen atoms in total. The van der Waals surface area contributed by atoms with Gasteiger partial charge in [-0.3, -0.25) is 43.3 Å². The Morgan fingerprint density at radius 3 is 2.29 bits per heavy atom. The van der Waals surface area contributed by atoms with E-state index in [0.29, 0.717) is 54.7 Å². The number of benzene rings is 2. The molecule has 2 aromatic carbocycles. The molecule has 0 unspecified atom stereocenters. The molecule has 8 rings (SSSR count). The van der Waals surface area contributed by atoms with E-state index in [4.69, 9.17) is 9.72 Å². The van der Waals surface area contributed by atoms with E-state index in [2.05, 4.69) is 26.6 Å². The van der Waals surface area contributed by atoms with Crippen LogP contribution in [0.1, 0.15) is 85.8 Å². The molecule has 0 spiro atoms. The van der Waals surface area contributed by atoms with Crippen LogP contribution in [-0.2, 0) is 81.1 Å². The average Bonchev–Trinajstić information content (AvgIpc) is 3.87. The van der Waals surface area contributed by atoms with Crippen molar-refractivity contribution >= 4 is 63.9 Å². The maximum atomic E-state index is 13.8. The Labute approximate surface area is 390 Å². The molecule has 354 valence electrons. The average molecular weight is 929 g/mol. The molecule has 5 heterocycles. The van der Waals surface area contributed by atoms with Crippen LogP contribution in [0.3, 0.4) is 0 Å². The first-order valence-corrected chi connectivity index (χ1v) is 22.8. The van der Waals surface area contributed by atoms with Gasteiger partial charge >= 0.3 is 5.97 Å². The van der Waals surface area contributed by atoms with Gasteiger partial charge in [-0.2, -0.15) is 0 Å². The maximum Gasteiger partial charge on any atom is 0.343 e. The number of hydrogen-bond acceptors (Lipinski definition) is 12. The number of nitrogens with one attached hydrogen (secondary N) is 5. The van der Waals surface area contributed by atoms with Crippen LogP contribution in [0.5, 0.6) is 0 Å². The van der Waals surface area contributed by atoms with Crippen molar-refractivity contribution in [3.05, 3.63) is 104 Å². The lowest BCUT2D eigenvalue weighted by molar-refractivity contribution is -0.172. The number of amides is 7. The molecule has 68 heavy (non-hydrogen) atoms. The highest BCUT2D eigenvalue weighted by atomic mass is 16.6. The van der Waals surface area contributed by atoms with E-state index in [1.165, 1.54) is 19.1 Å². The molecule has 0 saturated carbocycles. The Morgan fingerprint density at radius 2 is 1.54 bits per heavy atom. The standard InChI is InChI=1S/C49H52N8O11/c1-3-49(67)33-22-37-44-31(25-57(37)47(65)32(33)26-68-48(49)66)29-13-10-14-30-34(16-17-35(54-44)43(29)30)55-45(63)27(2)52-46(64)36(21-28-11-6-4-7-12-28)53-40(60)24-51-39(59)23-50-38(58)15-8-5-9-20-56-41(61)18-19-42(56)62/h4,6-7,11-12,16-19,22,27,36,67H,3,5,8-10,13-15,20-21,23-26H2,1-2H3,(H,50,58)(H,51,59)(H,52,64)(H,53,60)(H,55,63)/t27-,36-,49-/m0/s1. The lowest BCUT2D eigenvalue weighted by atomic mass is 9.85. The van der Waals surface area contributed by atoms with Gasteiger partial charge in [-0.05, 0) is 80.3 Å². The Kier molecular flexibility index (Phi) is 13.6. The summed E-state index contributed by atoms with van der Waals surface area (Å²) < 4.78 is 6.83. The van der Waals surface area contributed by atoms with Gasteiger partial charge in [-0.1, -0.05) is 43.7 Å². The first-order chi connectivity index (χ1) is 32.7. The van der Waals surface area contributed by atoms with Gasteiger partial charge in [0, 0.05) is 53.7 Å². The first kappa shape index (κ1) is 47.0. The predicted molar refractivity (Wildman–Crippen MR) is 245 cm³/mol. The normalized spacial score (nSPS) is 17.4. The van der Waals surface area contributed by atoms with Crippen molar-refractivity contribution in [3.8, 4) is 11.4 Å². The molecular weight excluding hydrogens is 877 g/mol. The number of ether oxygens (including phenoxy) is 1. The molecule has 7 amide bonds. The van der Waals surface area contributed by atoms with Gasteiger partial charge in [0.25, 0.3) is 17.4 Å². The monoisotopic (exact) mass is 928 g/mol. The number of unbranched alkanes of at least 4 members (excludes halogenated alkanes) is 2. The fourth-order valence-corrected chi connectivity index (χ4v) is 9.25. The smallest absolute Gasteiger partial charge is 0.343 e. The zero-order valence-corrected chi connectivity index (χ0v) is 37.7. The number of fused-ring (bicyclic) bond motifs is 5. The molecule has 3 aliphatic heterocycles. The number of aromatic nitrogens is 2. The number of carbonyl (C=O) groups is 8. The van der Waals surface area contributed by atoms with Crippen molar-refractivity contribution < 1.29 is 48.2 Å². The van der Waals surface area contributed by atoms with Gasteiger partial charge in [0.05, 0.1) is 42.1 Å². The summed E-state index contributed by atoms with van der Waals surface area (Å²) in [5, 5.41) is 25.5. The highest BCUT2D eigenvalue weighted by Gasteiger charge is 2.45. The number of anilines is 1. The van der Waals surface area contributed by atoms with Crippen molar-refractivity contribution in [1.29, 1.82) is 0 Å². The number of aryl methyl sites for hydroxylation is 2. The molecule has 6 N–H and O–H groups in total. The second-order valence-corrected chi connectivity index (χ2v) is 17.4. The quantitative estimate of drug-likeness (QED) is 0.0415. The summed E-state index contributed by atoms with van der Waals surface area (Å²) in [5.41, 5.74) is 3.95. The van der Waals surface area contributed by atoms with E-state index in [-0.39, 0.29) is 79.9 Å². The number of rotatable bonds is 18. The molecule has 0 fully saturated rings. The van der Waals surface area contributed by atoms with E-state index < -0.39 is 53.8 Å². The number of imide groups is 1. The number of esters is 1. The van der Waals surface area contributed by atoms with E-state index >= 15 is 0 Å². The second kappa shape index (κ2) is 19.7. The topological polar surface area (TPSA) is 264 Å². The molecular formula is C49H52N8O11. The number of hydrogen-bond donors (Lipinski definition) is 6. The van der Waals surface area contributed by atoms with Crippen molar-refractivity contribution in [2.75, 3.05) is 25.0 Å². The first-order valence-electron chi connectivity index (χ1n) is 22.8. The summed E-state index contributed by atoms with van der Waals surface area (Å²) in [4.78, 5) is 121. The third kappa shape index (κ3) is 9.51. The third-order valence-corrected chi connectivity index (χ3v) is 13.0. The van der Waals surface area contributed by atoms with Crippen LogP contribution >= 0.6 is 0 Å². The number of cyclic esters (lactones) is 1. The molecule has 0 radical (unpaired) electrons. The summed E-state index contributed by atoms with van der Waals surface area (Å²) in [6.07, 6.45) is 6.36. The SMILES string of the molecule is CC[C@@]1(O)C(=O)OCc2c1cc1n(c2=O)Cc2c-1nc1ccc(NC(=O)[C@H](C)NC(=O)[C@H](Cc3ccccc3)NC(=O)CNC(=O)CNC(=O)CCCCCN3C(=O)C=CC3=O)c3c1c2CCC3. The molecule has 19 heteroatoms. The van der Waals surface area contributed by atoms with Crippen LogP contribution in [0, 0.1) is 0 Å². The van der Waals surface area contributed by atoms with Crippen LogP contribution in [0.25, 0.3) is 22.3 Å². The van der Waals surface area contributed by atoms with Crippen LogP contribution in [0.4, 0.5) is 5.69 Å². The minimum absolute atomic E-state index is 0.0304. The Hall–Kier alpha value is -7.54.